The first-order valence-electron chi connectivity index (χ1n) is 7.64. The van der Waals surface area contributed by atoms with Gasteiger partial charge in [-0.2, -0.15) is 0 Å². The van der Waals surface area contributed by atoms with Crippen molar-refractivity contribution in [3.63, 3.8) is 0 Å². The van der Waals surface area contributed by atoms with Gasteiger partial charge in [-0.3, -0.25) is 4.79 Å². The highest BCUT2D eigenvalue weighted by atomic mass is 16.3. The number of allylic oxidation sites excluding steroid dienone is 2. The van der Waals surface area contributed by atoms with Crippen molar-refractivity contribution in [3.8, 4) is 5.75 Å². The lowest BCUT2D eigenvalue weighted by Gasteiger charge is -2.34. The van der Waals surface area contributed by atoms with E-state index in [9.17, 15) is 9.90 Å². The Balaban J connectivity index is 2.12. The molecule has 0 saturated heterocycles. The number of unbranched alkanes of at least 4 members (excludes halogenated alkanes) is 1. The fourth-order valence-corrected chi connectivity index (χ4v) is 3.86. The molecule has 0 heterocycles. The lowest BCUT2D eigenvalue weighted by molar-refractivity contribution is -0.115. The molecule has 0 saturated carbocycles. The molecule has 0 radical (unpaired) electrons. The molecule has 0 aliphatic heterocycles. The first kappa shape index (κ1) is 13.4. The Morgan fingerprint density at radius 2 is 2.15 bits per heavy atom. The van der Waals surface area contributed by atoms with E-state index in [1.807, 2.05) is 19.1 Å². The highest BCUT2D eigenvalue weighted by molar-refractivity contribution is 6.01. The van der Waals surface area contributed by atoms with Gasteiger partial charge in [0.25, 0.3) is 0 Å². The molecule has 0 bridgehead atoms. The largest absolute Gasteiger partial charge is 0.508 e. The third-order valence-corrected chi connectivity index (χ3v) is 5.11. The van der Waals surface area contributed by atoms with Gasteiger partial charge in [0.1, 0.15) is 5.75 Å². The van der Waals surface area contributed by atoms with Crippen LogP contribution in [0, 0.1) is 12.3 Å². The van der Waals surface area contributed by atoms with Gasteiger partial charge in [0.15, 0.2) is 5.78 Å². The lowest BCUT2D eigenvalue weighted by atomic mass is 9.69. The molecule has 1 aromatic rings. The molecule has 2 aliphatic rings. The molecular formula is C18H22O2. The van der Waals surface area contributed by atoms with Crippen molar-refractivity contribution in [2.45, 2.75) is 52.4 Å². The van der Waals surface area contributed by atoms with Crippen LogP contribution in [0.25, 0.3) is 5.57 Å². The van der Waals surface area contributed by atoms with Crippen molar-refractivity contribution in [2.24, 2.45) is 5.41 Å². The van der Waals surface area contributed by atoms with Crippen LogP contribution in [0.4, 0.5) is 0 Å². The van der Waals surface area contributed by atoms with Crippen molar-refractivity contribution in [2.75, 3.05) is 0 Å². The van der Waals surface area contributed by atoms with Crippen LogP contribution in [0.2, 0.25) is 0 Å². The molecule has 0 amide bonds. The fraction of sp³-hybridized carbons (Fsp3) is 0.500. The van der Waals surface area contributed by atoms with Crippen LogP contribution in [0.15, 0.2) is 18.2 Å². The topological polar surface area (TPSA) is 37.3 Å². The summed E-state index contributed by atoms with van der Waals surface area (Å²) >= 11 is 0. The van der Waals surface area contributed by atoms with Gasteiger partial charge in [-0.15, -0.1) is 0 Å². The third kappa shape index (κ3) is 1.90. The maximum atomic E-state index is 11.9. The molecule has 106 valence electrons. The average Bonchev–Trinajstić information content (AvgIpc) is 2.76. The predicted octanol–water partition coefficient (Wildman–Crippen LogP) is 4.18. The van der Waals surface area contributed by atoms with E-state index < -0.39 is 0 Å². The molecule has 0 fully saturated rings. The number of hydrogen-bond donors (Lipinski definition) is 1. The molecule has 0 spiro atoms. The molecule has 1 N–H and O–H groups in total. The van der Waals surface area contributed by atoms with Crippen LogP contribution in [-0.2, 0) is 11.2 Å². The van der Waals surface area contributed by atoms with Crippen molar-refractivity contribution in [3.05, 3.63) is 34.9 Å². The van der Waals surface area contributed by atoms with Crippen LogP contribution >= 0.6 is 0 Å². The average molecular weight is 270 g/mol. The molecule has 2 heteroatoms. The Labute approximate surface area is 120 Å². The molecule has 1 unspecified atom stereocenters. The van der Waals surface area contributed by atoms with Crippen LogP contribution in [0.5, 0.6) is 5.75 Å². The minimum Gasteiger partial charge on any atom is -0.508 e. The second-order valence-corrected chi connectivity index (χ2v) is 6.32. The number of aromatic hydroxyl groups is 1. The van der Waals surface area contributed by atoms with Crippen molar-refractivity contribution >= 4 is 11.4 Å². The summed E-state index contributed by atoms with van der Waals surface area (Å²) in [4.78, 5) is 11.9. The summed E-state index contributed by atoms with van der Waals surface area (Å²) in [6.07, 6.45) is 8.04. The smallest absolute Gasteiger partial charge is 0.156 e. The number of carbonyl (C=O) groups excluding carboxylic acids is 1. The van der Waals surface area contributed by atoms with Crippen molar-refractivity contribution < 1.29 is 9.90 Å². The summed E-state index contributed by atoms with van der Waals surface area (Å²) in [6, 6.07) is 3.76. The predicted molar refractivity (Wildman–Crippen MR) is 80.7 cm³/mol. The Kier molecular flexibility index (Phi) is 3.19. The first-order chi connectivity index (χ1) is 9.57. The van der Waals surface area contributed by atoms with E-state index in [0.717, 1.165) is 24.8 Å². The number of carbonyl (C=O) groups is 1. The molecule has 2 nitrogen and oxygen atoms in total. The van der Waals surface area contributed by atoms with Gasteiger partial charge in [-0.25, -0.2) is 0 Å². The van der Waals surface area contributed by atoms with E-state index in [-0.39, 0.29) is 11.2 Å². The van der Waals surface area contributed by atoms with Crippen LogP contribution in [0.1, 0.15) is 55.7 Å². The second kappa shape index (κ2) is 4.76. The fourth-order valence-electron chi connectivity index (χ4n) is 3.86. The molecule has 20 heavy (non-hydrogen) atoms. The SMILES string of the molecule is CCCCC12CCC(=O)C=C1c1ccc(O)c(C)c1C2. The van der Waals surface area contributed by atoms with E-state index in [2.05, 4.69) is 6.92 Å². The highest BCUT2D eigenvalue weighted by Gasteiger charge is 2.44. The van der Waals surface area contributed by atoms with Gasteiger partial charge in [0.2, 0.25) is 0 Å². The van der Waals surface area contributed by atoms with Gasteiger partial charge >= 0.3 is 0 Å². The molecule has 3 rings (SSSR count). The summed E-state index contributed by atoms with van der Waals surface area (Å²) in [5.74, 6) is 0.630. The summed E-state index contributed by atoms with van der Waals surface area (Å²) in [5, 5.41) is 9.94. The highest BCUT2D eigenvalue weighted by Crippen LogP contribution is 2.55. The number of phenolic OH excluding ortho intramolecular Hbond substituents is 1. The Hall–Kier alpha value is -1.57. The van der Waals surface area contributed by atoms with E-state index >= 15 is 0 Å². The standard InChI is InChI=1S/C18H22O2/c1-3-4-8-18-9-7-13(19)10-16(18)14-5-6-17(20)12(2)15(14)11-18/h5-6,10,20H,3-4,7-9,11H2,1-2H3. The van der Waals surface area contributed by atoms with E-state index in [1.165, 1.54) is 29.5 Å². The van der Waals surface area contributed by atoms with Gasteiger partial charge in [-0.05, 0) is 60.6 Å². The number of benzene rings is 1. The number of rotatable bonds is 3. The van der Waals surface area contributed by atoms with E-state index in [0.29, 0.717) is 12.2 Å². The molecular weight excluding hydrogens is 248 g/mol. The maximum Gasteiger partial charge on any atom is 0.156 e. The van der Waals surface area contributed by atoms with Gasteiger partial charge < -0.3 is 5.11 Å². The van der Waals surface area contributed by atoms with E-state index in [1.54, 1.807) is 6.07 Å². The zero-order valence-corrected chi connectivity index (χ0v) is 12.3. The minimum atomic E-state index is 0.144. The Morgan fingerprint density at radius 1 is 1.35 bits per heavy atom. The number of ketones is 1. The second-order valence-electron chi connectivity index (χ2n) is 6.32. The quantitative estimate of drug-likeness (QED) is 0.894. The normalized spacial score (nSPS) is 24.3. The van der Waals surface area contributed by atoms with Crippen LogP contribution < -0.4 is 0 Å². The Bertz CT molecular complexity index is 598. The van der Waals surface area contributed by atoms with Gasteiger partial charge in [0.05, 0.1) is 0 Å². The summed E-state index contributed by atoms with van der Waals surface area (Å²) in [5.41, 5.74) is 4.82. The van der Waals surface area contributed by atoms with Crippen molar-refractivity contribution in [1.82, 2.24) is 0 Å². The monoisotopic (exact) mass is 270 g/mol. The molecule has 2 aliphatic carbocycles. The summed E-state index contributed by atoms with van der Waals surface area (Å²) < 4.78 is 0. The van der Waals surface area contributed by atoms with Crippen LogP contribution in [0.3, 0.4) is 0 Å². The summed E-state index contributed by atoms with van der Waals surface area (Å²) in [7, 11) is 0. The Morgan fingerprint density at radius 3 is 2.90 bits per heavy atom. The minimum absolute atomic E-state index is 0.144. The maximum absolute atomic E-state index is 11.9. The molecule has 0 aromatic heterocycles. The van der Waals surface area contributed by atoms with E-state index in [4.69, 9.17) is 0 Å². The zero-order chi connectivity index (χ0) is 14.3. The lowest BCUT2D eigenvalue weighted by Crippen LogP contribution is -2.25. The van der Waals surface area contributed by atoms with Crippen molar-refractivity contribution in [1.29, 1.82) is 0 Å². The van der Waals surface area contributed by atoms with Gasteiger partial charge in [-0.1, -0.05) is 25.8 Å². The zero-order valence-electron chi connectivity index (χ0n) is 12.3. The molecule has 1 aromatic carbocycles. The van der Waals surface area contributed by atoms with Crippen LogP contribution in [-0.4, -0.2) is 10.9 Å². The number of hydrogen-bond acceptors (Lipinski definition) is 2. The number of phenols is 1. The third-order valence-electron chi connectivity index (χ3n) is 5.11. The van der Waals surface area contributed by atoms with Gasteiger partial charge in [0, 0.05) is 11.8 Å². The number of fused-ring (bicyclic) bond motifs is 3. The first-order valence-corrected chi connectivity index (χ1v) is 7.64. The summed E-state index contributed by atoms with van der Waals surface area (Å²) in [6.45, 7) is 4.20. The molecule has 1 atom stereocenters.